The van der Waals surface area contributed by atoms with Gasteiger partial charge in [0.05, 0.1) is 23.8 Å². The van der Waals surface area contributed by atoms with Crippen LogP contribution in [-0.4, -0.2) is 40.8 Å². The number of hydrogen-bond acceptors (Lipinski definition) is 5. The minimum absolute atomic E-state index is 0.00533. The number of non-ortho nitro benzene ring substituents is 1. The van der Waals surface area contributed by atoms with Gasteiger partial charge in [-0.15, -0.1) is 0 Å². The highest BCUT2D eigenvalue weighted by atomic mass is 16.6. The number of benzene rings is 1. The van der Waals surface area contributed by atoms with E-state index < -0.39 is 16.7 Å². The highest BCUT2D eigenvalue weighted by Crippen LogP contribution is 2.29. The third-order valence-electron chi connectivity index (χ3n) is 4.27. The SMILES string of the molecule is COc1cc([N+](=O)[O-])ccc1NC(=O)C(=O)N1C(C)CCCC1C. The van der Waals surface area contributed by atoms with Crippen LogP contribution in [0.5, 0.6) is 5.75 Å². The minimum Gasteiger partial charge on any atom is -0.494 e. The van der Waals surface area contributed by atoms with Crippen molar-refractivity contribution in [2.45, 2.75) is 45.2 Å². The molecule has 0 aromatic heterocycles. The second kappa shape index (κ2) is 7.29. The van der Waals surface area contributed by atoms with Gasteiger partial charge in [0.1, 0.15) is 5.75 Å². The maximum Gasteiger partial charge on any atom is 0.314 e. The molecule has 1 fully saturated rings. The Bertz CT molecular complexity index is 651. The number of amides is 2. The Labute approximate surface area is 139 Å². The van der Waals surface area contributed by atoms with Gasteiger partial charge in [-0.05, 0) is 39.2 Å². The lowest BCUT2D eigenvalue weighted by Crippen LogP contribution is -2.51. The summed E-state index contributed by atoms with van der Waals surface area (Å²) in [7, 11) is 1.34. The summed E-state index contributed by atoms with van der Waals surface area (Å²) in [6.45, 7) is 3.85. The van der Waals surface area contributed by atoms with Crippen LogP contribution in [0.25, 0.3) is 0 Å². The average molecular weight is 335 g/mol. The third-order valence-corrected chi connectivity index (χ3v) is 4.27. The summed E-state index contributed by atoms with van der Waals surface area (Å²) in [5.41, 5.74) is 0.0632. The Balaban J connectivity index is 2.16. The molecule has 0 bridgehead atoms. The molecule has 0 aliphatic carbocycles. The number of carbonyl (C=O) groups excluding carboxylic acids is 2. The molecule has 1 heterocycles. The molecule has 8 heteroatoms. The zero-order chi connectivity index (χ0) is 17.9. The van der Waals surface area contributed by atoms with Gasteiger partial charge in [-0.1, -0.05) is 0 Å². The molecule has 1 aliphatic rings. The summed E-state index contributed by atoms with van der Waals surface area (Å²) >= 11 is 0. The second-order valence-electron chi connectivity index (χ2n) is 5.94. The van der Waals surface area contributed by atoms with Crippen LogP contribution in [0.4, 0.5) is 11.4 Å². The Morgan fingerprint density at radius 2 is 1.92 bits per heavy atom. The van der Waals surface area contributed by atoms with Crippen LogP contribution in [-0.2, 0) is 9.59 Å². The Kier molecular flexibility index (Phi) is 5.38. The van der Waals surface area contributed by atoms with Crippen LogP contribution in [0.15, 0.2) is 18.2 Å². The van der Waals surface area contributed by atoms with Crippen molar-refractivity contribution in [3.63, 3.8) is 0 Å². The molecule has 0 saturated carbocycles. The number of nitro benzene ring substituents is 1. The zero-order valence-electron chi connectivity index (χ0n) is 13.9. The van der Waals surface area contributed by atoms with Crippen LogP contribution in [0.2, 0.25) is 0 Å². The number of carbonyl (C=O) groups is 2. The molecular formula is C16H21N3O5. The second-order valence-corrected chi connectivity index (χ2v) is 5.94. The first-order valence-corrected chi connectivity index (χ1v) is 7.81. The predicted octanol–water partition coefficient (Wildman–Crippen LogP) is 2.33. The number of nitrogens with one attached hydrogen (secondary N) is 1. The number of rotatable bonds is 3. The summed E-state index contributed by atoms with van der Waals surface area (Å²) in [6.07, 6.45) is 2.76. The first-order valence-electron chi connectivity index (χ1n) is 7.81. The van der Waals surface area contributed by atoms with E-state index in [1.807, 2.05) is 13.8 Å². The topological polar surface area (TPSA) is 102 Å². The Morgan fingerprint density at radius 1 is 1.29 bits per heavy atom. The molecule has 1 aromatic carbocycles. The van der Waals surface area contributed by atoms with Crippen LogP contribution in [0.1, 0.15) is 33.1 Å². The molecule has 24 heavy (non-hydrogen) atoms. The molecule has 2 rings (SSSR count). The molecule has 8 nitrogen and oxygen atoms in total. The third kappa shape index (κ3) is 3.64. The molecule has 2 unspecified atom stereocenters. The van der Waals surface area contributed by atoms with E-state index in [4.69, 9.17) is 4.74 Å². The maximum absolute atomic E-state index is 12.5. The lowest BCUT2D eigenvalue weighted by atomic mass is 9.97. The molecule has 2 atom stereocenters. The van der Waals surface area contributed by atoms with E-state index >= 15 is 0 Å². The number of ether oxygens (including phenoxy) is 1. The van der Waals surface area contributed by atoms with E-state index in [2.05, 4.69) is 5.32 Å². The summed E-state index contributed by atoms with van der Waals surface area (Å²) in [6, 6.07) is 3.81. The zero-order valence-corrected chi connectivity index (χ0v) is 13.9. The number of methoxy groups -OCH3 is 1. The number of hydrogen-bond donors (Lipinski definition) is 1. The molecule has 1 aromatic rings. The van der Waals surface area contributed by atoms with Crippen LogP contribution in [0, 0.1) is 10.1 Å². The van der Waals surface area contributed by atoms with E-state index in [0.717, 1.165) is 19.3 Å². The van der Waals surface area contributed by atoms with Gasteiger partial charge < -0.3 is 15.0 Å². The molecule has 0 spiro atoms. The molecule has 1 aliphatic heterocycles. The maximum atomic E-state index is 12.5. The quantitative estimate of drug-likeness (QED) is 0.519. The van der Waals surface area contributed by atoms with Gasteiger partial charge in [0.15, 0.2) is 0 Å². The molecular weight excluding hydrogens is 314 g/mol. The van der Waals surface area contributed by atoms with Crippen LogP contribution < -0.4 is 10.1 Å². The average Bonchev–Trinajstić information content (AvgIpc) is 2.54. The van der Waals surface area contributed by atoms with Gasteiger partial charge in [-0.3, -0.25) is 19.7 Å². The minimum atomic E-state index is -0.775. The fourth-order valence-corrected chi connectivity index (χ4v) is 3.01. The molecule has 2 amide bonds. The first-order chi connectivity index (χ1) is 11.3. The first kappa shape index (κ1) is 17.7. The number of piperidine rings is 1. The normalized spacial score (nSPS) is 20.4. The van der Waals surface area contributed by atoms with Crippen molar-refractivity contribution >= 4 is 23.2 Å². The highest BCUT2D eigenvalue weighted by Gasteiger charge is 2.33. The van der Waals surface area contributed by atoms with Crippen molar-refractivity contribution in [3.05, 3.63) is 28.3 Å². The van der Waals surface area contributed by atoms with Gasteiger partial charge >= 0.3 is 11.8 Å². The summed E-state index contributed by atoms with van der Waals surface area (Å²) in [5, 5.41) is 13.3. The van der Waals surface area contributed by atoms with Crippen molar-refractivity contribution in [2.75, 3.05) is 12.4 Å². The van der Waals surface area contributed by atoms with Crippen molar-refractivity contribution in [3.8, 4) is 5.75 Å². The standard InChI is InChI=1S/C16H21N3O5/c1-10-5-4-6-11(2)18(10)16(21)15(20)17-13-8-7-12(19(22)23)9-14(13)24-3/h7-11H,4-6H2,1-3H3,(H,17,20). The summed E-state index contributed by atoms with van der Waals surface area (Å²) < 4.78 is 5.06. The largest absolute Gasteiger partial charge is 0.494 e. The van der Waals surface area contributed by atoms with Crippen molar-refractivity contribution in [2.24, 2.45) is 0 Å². The lowest BCUT2D eigenvalue weighted by molar-refractivity contribution is -0.384. The monoisotopic (exact) mass is 335 g/mol. The predicted molar refractivity (Wildman–Crippen MR) is 87.9 cm³/mol. The summed E-state index contributed by atoms with van der Waals surface area (Å²) in [4.78, 5) is 36.6. The van der Waals surface area contributed by atoms with Gasteiger partial charge in [-0.2, -0.15) is 0 Å². The highest BCUT2D eigenvalue weighted by molar-refractivity contribution is 6.39. The smallest absolute Gasteiger partial charge is 0.314 e. The molecule has 130 valence electrons. The van der Waals surface area contributed by atoms with Gasteiger partial charge in [0.25, 0.3) is 5.69 Å². The van der Waals surface area contributed by atoms with Gasteiger partial charge in [0, 0.05) is 18.2 Å². The summed E-state index contributed by atoms with van der Waals surface area (Å²) in [5.74, 6) is -1.25. The number of nitro groups is 1. The van der Waals surface area contributed by atoms with E-state index in [9.17, 15) is 19.7 Å². The fourth-order valence-electron chi connectivity index (χ4n) is 3.01. The molecule has 0 radical (unpaired) electrons. The van der Waals surface area contributed by atoms with Crippen molar-refractivity contribution < 1.29 is 19.2 Å². The van der Waals surface area contributed by atoms with Crippen LogP contribution >= 0.6 is 0 Å². The fraction of sp³-hybridized carbons (Fsp3) is 0.500. The van der Waals surface area contributed by atoms with E-state index in [-0.39, 0.29) is 29.2 Å². The molecule has 1 N–H and O–H groups in total. The number of likely N-dealkylation sites (tertiary alicyclic amines) is 1. The van der Waals surface area contributed by atoms with E-state index in [1.54, 1.807) is 4.90 Å². The number of nitrogens with zero attached hydrogens (tertiary/aromatic N) is 2. The van der Waals surface area contributed by atoms with Gasteiger partial charge in [-0.25, -0.2) is 0 Å². The van der Waals surface area contributed by atoms with Gasteiger partial charge in [0.2, 0.25) is 0 Å². The number of anilines is 1. The van der Waals surface area contributed by atoms with E-state index in [0.29, 0.717) is 0 Å². The Morgan fingerprint density at radius 3 is 2.46 bits per heavy atom. The Hall–Kier alpha value is -2.64. The van der Waals surface area contributed by atoms with E-state index in [1.165, 1.54) is 25.3 Å². The van der Waals surface area contributed by atoms with Crippen LogP contribution in [0.3, 0.4) is 0 Å². The van der Waals surface area contributed by atoms with Crippen molar-refractivity contribution in [1.82, 2.24) is 4.90 Å². The lowest BCUT2D eigenvalue weighted by Gasteiger charge is -2.38. The van der Waals surface area contributed by atoms with Crippen molar-refractivity contribution in [1.29, 1.82) is 0 Å². The molecule has 1 saturated heterocycles.